The van der Waals surface area contributed by atoms with E-state index < -0.39 is 28.5 Å². The second-order valence-corrected chi connectivity index (χ2v) is 11.0. The Hall–Kier alpha value is -4.76. The monoisotopic (exact) mass is 571 g/mol. The molecule has 1 aliphatic heterocycles. The van der Waals surface area contributed by atoms with Crippen LogP contribution in [-0.2, 0) is 24.3 Å². The third-order valence-electron chi connectivity index (χ3n) is 6.40. The number of carbonyl (C=O) groups is 2. The van der Waals surface area contributed by atoms with Gasteiger partial charge in [0.1, 0.15) is 17.4 Å². The van der Waals surface area contributed by atoms with E-state index in [1.165, 1.54) is 28.6 Å². The van der Waals surface area contributed by atoms with Crippen LogP contribution in [0.4, 0.5) is 5.88 Å². The van der Waals surface area contributed by atoms with E-state index in [1.807, 2.05) is 60.7 Å². The van der Waals surface area contributed by atoms with Crippen molar-refractivity contribution < 1.29 is 31.9 Å². The highest BCUT2D eigenvalue weighted by Gasteiger charge is 2.27. The molecule has 1 fully saturated rings. The zero-order valence-corrected chi connectivity index (χ0v) is 22.6. The lowest BCUT2D eigenvalue weighted by Crippen LogP contribution is -2.40. The van der Waals surface area contributed by atoms with Crippen LogP contribution in [0.3, 0.4) is 0 Å². The number of benzene rings is 3. The van der Waals surface area contributed by atoms with Gasteiger partial charge in [-0.05, 0) is 29.8 Å². The standard InChI is InChI=1S/C30H25N3O7S/c31-19-25-27(21-7-3-1-4-8-21)28(22-9-5-2-6-10-22)40-29(25)32-26(34)20-39-30(35)23-11-13-24(14-12-23)41(36,37)33-15-17-38-18-16-33/h1-14H,15-18,20H2,(H,32,34). The molecule has 10 nitrogen and oxygen atoms in total. The van der Waals surface area contributed by atoms with Crippen molar-refractivity contribution in [2.75, 3.05) is 38.2 Å². The van der Waals surface area contributed by atoms with E-state index in [4.69, 9.17) is 13.9 Å². The molecule has 3 aromatic carbocycles. The number of hydrogen-bond acceptors (Lipinski definition) is 8. The van der Waals surface area contributed by atoms with Crippen LogP contribution in [0, 0.1) is 11.3 Å². The fraction of sp³-hybridized carbons (Fsp3) is 0.167. The average molecular weight is 572 g/mol. The van der Waals surface area contributed by atoms with Gasteiger partial charge in [-0.1, -0.05) is 60.7 Å². The highest BCUT2D eigenvalue weighted by molar-refractivity contribution is 7.89. The van der Waals surface area contributed by atoms with Gasteiger partial charge in [0.25, 0.3) is 5.91 Å². The molecule has 4 aromatic rings. The molecular weight excluding hydrogens is 546 g/mol. The number of hydrogen-bond donors (Lipinski definition) is 1. The van der Waals surface area contributed by atoms with Crippen molar-refractivity contribution in [3.63, 3.8) is 0 Å². The fourth-order valence-corrected chi connectivity index (χ4v) is 5.78. The molecule has 0 bridgehead atoms. The summed E-state index contributed by atoms with van der Waals surface area (Å²) in [4.78, 5) is 25.3. The summed E-state index contributed by atoms with van der Waals surface area (Å²) in [5.41, 5.74) is 2.18. The zero-order chi connectivity index (χ0) is 28.8. The van der Waals surface area contributed by atoms with Gasteiger partial charge in [0.15, 0.2) is 6.61 Å². The van der Waals surface area contributed by atoms with Crippen LogP contribution in [0.15, 0.2) is 94.2 Å². The summed E-state index contributed by atoms with van der Waals surface area (Å²) in [5, 5.41) is 12.5. The Morgan fingerprint density at radius 1 is 0.902 bits per heavy atom. The SMILES string of the molecule is N#Cc1c(NC(=O)COC(=O)c2ccc(S(=O)(=O)N3CCOCC3)cc2)oc(-c2ccccc2)c1-c1ccccc1. The third-order valence-corrected chi connectivity index (χ3v) is 8.32. The summed E-state index contributed by atoms with van der Waals surface area (Å²) >= 11 is 0. The first-order chi connectivity index (χ1) is 19.9. The highest BCUT2D eigenvalue weighted by Crippen LogP contribution is 2.41. The molecule has 0 saturated carbocycles. The van der Waals surface area contributed by atoms with Gasteiger partial charge in [-0.2, -0.15) is 9.57 Å². The number of ether oxygens (including phenoxy) is 2. The largest absolute Gasteiger partial charge is 0.452 e. The Morgan fingerprint density at radius 2 is 1.51 bits per heavy atom. The molecule has 208 valence electrons. The minimum Gasteiger partial charge on any atom is -0.452 e. The normalized spacial score (nSPS) is 13.7. The molecule has 0 radical (unpaired) electrons. The fourth-order valence-electron chi connectivity index (χ4n) is 4.38. The second kappa shape index (κ2) is 12.2. The Labute approximate surface area is 236 Å². The molecule has 1 aromatic heterocycles. The Kier molecular flexibility index (Phi) is 8.26. The van der Waals surface area contributed by atoms with Crippen LogP contribution in [0.2, 0.25) is 0 Å². The van der Waals surface area contributed by atoms with E-state index in [2.05, 4.69) is 11.4 Å². The molecule has 1 aliphatic rings. The van der Waals surface area contributed by atoms with Gasteiger partial charge in [-0.3, -0.25) is 10.1 Å². The quantitative estimate of drug-likeness (QED) is 0.309. The second-order valence-electron chi connectivity index (χ2n) is 9.02. The van der Waals surface area contributed by atoms with Crippen molar-refractivity contribution in [1.29, 1.82) is 5.26 Å². The van der Waals surface area contributed by atoms with Crippen molar-refractivity contribution in [3.8, 4) is 28.5 Å². The number of morpholine rings is 1. The summed E-state index contributed by atoms with van der Waals surface area (Å²) in [6, 6.07) is 25.8. The maximum atomic E-state index is 12.8. The lowest BCUT2D eigenvalue weighted by atomic mass is 9.98. The van der Waals surface area contributed by atoms with E-state index in [1.54, 1.807) is 0 Å². The van der Waals surface area contributed by atoms with Crippen molar-refractivity contribution >= 4 is 27.8 Å². The summed E-state index contributed by atoms with van der Waals surface area (Å²) in [6.45, 7) is 0.495. The number of anilines is 1. The van der Waals surface area contributed by atoms with E-state index in [-0.39, 0.29) is 35.0 Å². The van der Waals surface area contributed by atoms with Crippen LogP contribution in [0.25, 0.3) is 22.5 Å². The Balaban J connectivity index is 1.29. The van der Waals surface area contributed by atoms with Gasteiger partial charge in [0.05, 0.1) is 23.7 Å². The molecule has 0 atom stereocenters. The smallest absolute Gasteiger partial charge is 0.338 e. The van der Waals surface area contributed by atoms with Crippen LogP contribution in [0.1, 0.15) is 15.9 Å². The summed E-state index contributed by atoms with van der Waals surface area (Å²) in [7, 11) is -3.71. The van der Waals surface area contributed by atoms with E-state index in [9.17, 15) is 23.3 Å². The third kappa shape index (κ3) is 6.05. The summed E-state index contributed by atoms with van der Waals surface area (Å²) in [5.74, 6) is -1.18. The predicted molar refractivity (Wildman–Crippen MR) is 149 cm³/mol. The first-order valence-electron chi connectivity index (χ1n) is 12.7. The number of amides is 1. The van der Waals surface area contributed by atoms with Crippen LogP contribution in [0.5, 0.6) is 0 Å². The van der Waals surface area contributed by atoms with Gasteiger partial charge in [-0.25, -0.2) is 13.2 Å². The van der Waals surface area contributed by atoms with Gasteiger partial charge >= 0.3 is 5.97 Å². The Bertz CT molecular complexity index is 1690. The minimum absolute atomic E-state index is 0.0407. The molecule has 11 heteroatoms. The van der Waals surface area contributed by atoms with Crippen molar-refractivity contribution in [2.45, 2.75) is 4.90 Å². The zero-order valence-electron chi connectivity index (χ0n) is 21.8. The first-order valence-corrected chi connectivity index (χ1v) is 14.1. The Morgan fingerprint density at radius 3 is 2.12 bits per heavy atom. The summed E-state index contributed by atoms with van der Waals surface area (Å²) < 4.78 is 43.2. The number of nitriles is 1. The molecule has 41 heavy (non-hydrogen) atoms. The summed E-state index contributed by atoms with van der Waals surface area (Å²) in [6.07, 6.45) is 0. The first kappa shape index (κ1) is 27.8. The molecule has 1 saturated heterocycles. The number of nitrogens with zero attached hydrogens (tertiary/aromatic N) is 2. The van der Waals surface area contributed by atoms with E-state index in [0.717, 1.165) is 5.56 Å². The highest BCUT2D eigenvalue weighted by atomic mass is 32.2. The van der Waals surface area contributed by atoms with Crippen molar-refractivity contribution in [3.05, 3.63) is 96.1 Å². The van der Waals surface area contributed by atoms with E-state index >= 15 is 0 Å². The number of carbonyl (C=O) groups excluding carboxylic acids is 2. The van der Waals surface area contributed by atoms with Crippen molar-refractivity contribution in [1.82, 2.24) is 4.31 Å². The van der Waals surface area contributed by atoms with Crippen LogP contribution >= 0.6 is 0 Å². The van der Waals surface area contributed by atoms with Gasteiger partial charge in [0, 0.05) is 24.2 Å². The number of nitrogens with one attached hydrogen (secondary N) is 1. The number of esters is 1. The van der Waals surface area contributed by atoms with Gasteiger partial charge < -0.3 is 13.9 Å². The lowest BCUT2D eigenvalue weighted by molar-refractivity contribution is -0.119. The number of sulfonamides is 1. The predicted octanol–water partition coefficient (Wildman–Crippen LogP) is 4.30. The number of furan rings is 1. The lowest BCUT2D eigenvalue weighted by Gasteiger charge is -2.26. The minimum atomic E-state index is -3.71. The van der Waals surface area contributed by atoms with E-state index in [0.29, 0.717) is 30.1 Å². The average Bonchev–Trinajstić information content (AvgIpc) is 3.39. The molecular formula is C30H25N3O7S. The molecule has 0 unspecified atom stereocenters. The topological polar surface area (TPSA) is 139 Å². The molecule has 0 spiro atoms. The van der Waals surface area contributed by atoms with Crippen molar-refractivity contribution in [2.24, 2.45) is 0 Å². The molecule has 2 heterocycles. The molecule has 5 rings (SSSR count). The van der Waals surface area contributed by atoms with Crippen LogP contribution in [-0.4, -0.2) is 57.5 Å². The molecule has 1 N–H and O–H groups in total. The number of rotatable bonds is 8. The molecule has 0 aliphatic carbocycles. The maximum Gasteiger partial charge on any atom is 0.338 e. The van der Waals surface area contributed by atoms with Gasteiger partial charge in [-0.15, -0.1) is 0 Å². The molecule has 1 amide bonds. The van der Waals surface area contributed by atoms with Gasteiger partial charge in [0.2, 0.25) is 15.9 Å². The van der Waals surface area contributed by atoms with Crippen LogP contribution < -0.4 is 5.32 Å². The maximum absolute atomic E-state index is 12.8.